The monoisotopic (exact) mass is 349 g/mol. The van der Waals surface area contributed by atoms with E-state index in [0.29, 0.717) is 27.6 Å². The Morgan fingerprint density at radius 3 is 2.58 bits per heavy atom. The Bertz CT molecular complexity index is 1230. The van der Waals surface area contributed by atoms with E-state index in [1.54, 1.807) is 30.3 Å². The first-order valence-corrected chi connectivity index (χ1v) is 7.71. The largest absolute Gasteiger partial charge is 0.453 e. The van der Waals surface area contributed by atoms with Gasteiger partial charge in [-0.2, -0.15) is 0 Å². The topological polar surface area (TPSA) is 98.1 Å². The number of ether oxygens (including phenoxy) is 1. The molecule has 0 saturated heterocycles. The van der Waals surface area contributed by atoms with Crippen LogP contribution in [0.4, 0.5) is 4.39 Å². The number of rotatable bonds is 3. The number of amides is 1. The Balaban J connectivity index is 1.91. The molecule has 1 amide bonds. The van der Waals surface area contributed by atoms with Gasteiger partial charge in [0.05, 0.1) is 5.39 Å². The number of fused-ring (bicyclic) bond motifs is 3. The molecule has 0 radical (unpaired) electrons. The highest BCUT2D eigenvalue weighted by Gasteiger charge is 2.14. The Morgan fingerprint density at radius 2 is 1.85 bits per heavy atom. The van der Waals surface area contributed by atoms with Crippen molar-refractivity contribution in [1.82, 2.24) is 9.97 Å². The first-order chi connectivity index (χ1) is 12.5. The number of carbonyl (C=O) groups excluding carboxylic acids is 1. The molecule has 0 aliphatic heterocycles. The van der Waals surface area contributed by atoms with Gasteiger partial charge >= 0.3 is 0 Å². The fourth-order valence-electron chi connectivity index (χ4n) is 2.81. The average Bonchev–Trinajstić information content (AvgIpc) is 2.63. The van der Waals surface area contributed by atoms with Crippen molar-refractivity contribution in [3.05, 3.63) is 76.5 Å². The van der Waals surface area contributed by atoms with Gasteiger partial charge in [-0.1, -0.05) is 18.2 Å². The van der Waals surface area contributed by atoms with Crippen LogP contribution in [0.15, 0.2) is 59.5 Å². The van der Waals surface area contributed by atoms with Gasteiger partial charge in [0.2, 0.25) is 5.91 Å². The van der Waals surface area contributed by atoms with E-state index in [1.807, 2.05) is 0 Å². The molecule has 0 atom stereocenters. The summed E-state index contributed by atoms with van der Waals surface area (Å²) in [7, 11) is 0. The van der Waals surface area contributed by atoms with Crippen molar-refractivity contribution < 1.29 is 13.9 Å². The van der Waals surface area contributed by atoms with E-state index >= 15 is 0 Å². The molecule has 0 bridgehead atoms. The molecule has 2 heterocycles. The summed E-state index contributed by atoms with van der Waals surface area (Å²) < 4.78 is 20.0. The summed E-state index contributed by atoms with van der Waals surface area (Å²) in [5.41, 5.74) is 5.26. The molecule has 3 N–H and O–H groups in total. The molecule has 6 nitrogen and oxygen atoms in total. The van der Waals surface area contributed by atoms with Crippen LogP contribution in [0, 0.1) is 5.82 Å². The van der Waals surface area contributed by atoms with Crippen LogP contribution < -0.4 is 16.0 Å². The summed E-state index contributed by atoms with van der Waals surface area (Å²) >= 11 is 0. The zero-order valence-corrected chi connectivity index (χ0v) is 13.3. The van der Waals surface area contributed by atoms with Crippen molar-refractivity contribution in [3.63, 3.8) is 0 Å². The number of nitrogens with one attached hydrogen (secondary N) is 1. The SMILES string of the molecule is NC(=O)c1ccc(Oc2ccnc3[nH]c(=O)c4ccccc4c23)c(F)c1. The molecule has 2 aromatic carbocycles. The molecular weight excluding hydrogens is 337 g/mol. The van der Waals surface area contributed by atoms with E-state index in [9.17, 15) is 14.0 Å². The molecule has 2 aromatic heterocycles. The number of primary amides is 1. The van der Waals surface area contributed by atoms with Crippen LogP contribution >= 0.6 is 0 Å². The molecule has 0 spiro atoms. The fourth-order valence-corrected chi connectivity index (χ4v) is 2.81. The number of aromatic nitrogens is 2. The lowest BCUT2D eigenvalue weighted by atomic mass is 10.1. The predicted octanol–water partition coefficient (Wildman–Crippen LogP) is 3.11. The lowest BCUT2D eigenvalue weighted by Crippen LogP contribution is -2.11. The van der Waals surface area contributed by atoms with Crippen molar-refractivity contribution in [2.24, 2.45) is 5.73 Å². The smallest absolute Gasteiger partial charge is 0.257 e. The van der Waals surface area contributed by atoms with E-state index < -0.39 is 11.7 Å². The maximum absolute atomic E-state index is 14.3. The highest BCUT2D eigenvalue weighted by atomic mass is 19.1. The zero-order valence-electron chi connectivity index (χ0n) is 13.3. The number of hydrogen-bond donors (Lipinski definition) is 2. The Morgan fingerprint density at radius 1 is 1.08 bits per heavy atom. The van der Waals surface area contributed by atoms with Gasteiger partial charge in [0, 0.05) is 22.5 Å². The second kappa shape index (κ2) is 5.96. The third-order valence-electron chi connectivity index (χ3n) is 4.02. The van der Waals surface area contributed by atoms with Gasteiger partial charge in [-0.05, 0) is 30.3 Å². The minimum Gasteiger partial charge on any atom is -0.453 e. The van der Waals surface area contributed by atoms with Crippen LogP contribution in [0.25, 0.3) is 21.8 Å². The summed E-state index contributed by atoms with van der Waals surface area (Å²) in [6.07, 6.45) is 1.46. The fraction of sp³-hybridized carbons (Fsp3) is 0. The number of nitrogens with two attached hydrogens (primary N) is 1. The maximum Gasteiger partial charge on any atom is 0.257 e. The maximum atomic E-state index is 14.3. The lowest BCUT2D eigenvalue weighted by molar-refractivity contribution is 0.1000. The molecule has 128 valence electrons. The molecule has 4 aromatic rings. The molecule has 7 heteroatoms. The Hall–Kier alpha value is -3.74. The van der Waals surface area contributed by atoms with Crippen LogP contribution in [0.1, 0.15) is 10.4 Å². The third-order valence-corrected chi connectivity index (χ3v) is 4.02. The first kappa shape index (κ1) is 15.8. The highest BCUT2D eigenvalue weighted by molar-refractivity contribution is 6.07. The van der Waals surface area contributed by atoms with Gasteiger partial charge in [-0.25, -0.2) is 9.37 Å². The number of carbonyl (C=O) groups is 1. The molecule has 4 rings (SSSR count). The standard InChI is InChI=1S/C19H12FN3O3/c20-13-9-10(17(21)24)5-6-14(13)26-15-7-8-22-18-16(15)11-3-1-2-4-12(11)19(25)23-18/h1-9H,(H2,21,24)(H,22,23,25). The van der Waals surface area contributed by atoms with Crippen molar-refractivity contribution >= 4 is 27.7 Å². The number of benzene rings is 2. The number of halogens is 1. The first-order valence-electron chi connectivity index (χ1n) is 7.71. The minimum absolute atomic E-state index is 0.0456. The third kappa shape index (κ3) is 2.55. The summed E-state index contributed by atoms with van der Waals surface area (Å²) in [6, 6.07) is 12.3. The van der Waals surface area contributed by atoms with Crippen LogP contribution in [-0.2, 0) is 0 Å². The molecule has 26 heavy (non-hydrogen) atoms. The highest BCUT2D eigenvalue weighted by Crippen LogP contribution is 2.33. The van der Waals surface area contributed by atoms with Crippen molar-refractivity contribution in [2.75, 3.05) is 0 Å². The summed E-state index contributed by atoms with van der Waals surface area (Å²) in [5.74, 6) is -1.20. The molecular formula is C19H12FN3O3. The van der Waals surface area contributed by atoms with Gasteiger partial charge in [0.15, 0.2) is 11.6 Å². The molecule has 0 unspecified atom stereocenters. The van der Waals surface area contributed by atoms with Crippen molar-refractivity contribution in [1.29, 1.82) is 0 Å². The van der Waals surface area contributed by atoms with E-state index in [1.165, 1.54) is 18.3 Å². The van der Waals surface area contributed by atoms with E-state index in [4.69, 9.17) is 10.5 Å². The van der Waals surface area contributed by atoms with Crippen LogP contribution in [0.3, 0.4) is 0 Å². The molecule has 0 saturated carbocycles. The Kier molecular flexibility index (Phi) is 3.62. The number of pyridine rings is 2. The van der Waals surface area contributed by atoms with E-state index in [-0.39, 0.29) is 16.9 Å². The van der Waals surface area contributed by atoms with Crippen molar-refractivity contribution in [3.8, 4) is 11.5 Å². The Labute approximate surface area is 146 Å². The average molecular weight is 349 g/mol. The van der Waals surface area contributed by atoms with E-state index in [2.05, 4.69) is 9.97 Å². The minimum atomic E-state index is -0.728. The van der Waals surface area contributed by atoms with Crippen LogP contribution in [-0.4, -0.2) is 15.9 Å². The van der Waals surface area contributed by atoms with Crippen LogP contribution in [0.5, 0.6) is 11.5 Å². The quantitative estimate of drug-likeness (QED) is 0.555. The van der Waals surface area contributed by atoms with Gasteiger partial charge < -0.3 is 15.5 Å². The summed E-state index contributed by atoms with van der Waals surface area (Å²) in [6.45, 7) is 0. The second-order valence-corrected chi connectivity index (χ2v) is 5.64. The molecule has 0 aliphatic rings. The van der Waals surface area contributed by atoms with Gasteiger partial charge in [0.25, 0.3) is 5.56 Å². The predicted molar refractivity (Wildman–Crippen MR) is 94.9 cm³/mol. The second-order valence-electron chi connectivity index (χ2n) is 5.64. The molecule has 0 fully saturated rings. The van der Waals surface area contributed by atoms with E-state index in [0.717, 1.165) is 6.07 Å². The number of hydrogen-bond acceptors (Lipinski definition) is 4. The number of H-pyrrole nitrogens is 1. The normalized spacial score (nSPS) is 11.0. The van der Waals surface area contributed by atoms with Gasteiger partial charge in [0.1, 0.15) is 11.4 Å². The number of nitrogens with zero attached hydrogens (tertiary/aromatic N) is 1. The zero-order chi connectivity index (χ0) is 18.3. The lowest BCUT2D eigenvalue weighted by Gasteiger charge is -2.11. The summed E-state index contributed by atoms with van der Waals surface area (Å²) in [5, 5.41) is 1.67. The summed E-state index contributed by atoms with van der Waals surface area (Å²) in [4.78, 5) is 30.2. The number of aromatic amines is 1. The molecule has 0 aliphatic carbocycles. The van der Waals surface area contributed by atoms with Crippen molar-refractivity contribution in [2.45, 2.75) is 0 Å². The van der Waals surface area contributed by atoms with Gasteiger partial charge in [-0.3, -0.25) is 9.59 Å². The van der Waals surface area contributed by atoms with Crippen LogP contribution in [0.2, 0.25) is 0 Å². The van der Waals surface area contributed by atoms with Gasteiger partial charge in [-0.15, -0.1) is 0 Å².